The lowest BCUT2D eigenvalue weighted by Gasteiger charge is -2.11. The highest BCUT2D eigenvalue weighted by molar-refractivity contribution is 7.98. The fraction of sp³-hybridized carbons (Fsp3) is 0.188. The Morgan fingerprint density at radius 3 is 2.70 bits per heavy atom. The van der Waals surface area contributed by atoms with E-state index in [9.17, 15) is 4.79 Å². The van der Waals surface area contributed by atoms with E-state index in [4.69, 9.17) is 0 Å². The van der Waals surface area contributed by atoms with Crippen LogP contribution >= 0.6 is 11.8 Å². The van der Waals surface area contributed by atoms with Crippen LogP contribution in [0.5, 0.6) is 0 Å². The fourth-order valence-corrected chi connectivity index (χ4v) is 2.38. The third-order valence-corrected chi connectivity index (χ3v) is 3.59. The third-order valence-electron chi connectivity index (χ3n) is 2.87. The van der Waals surface area contributed by atoms with Gasteiger partial charge in [0, 0.05) is 22.8 Å². The summed E-state index contributed by atoms with van der Waals surface area (Å²) in [5.41, 5.74) is 2.32. The van der Waals surface area contributed by atoms with Crippen molar-refractivity contribution in [3.05, 3.63) is 54.1 Å². The predicted molar refractivity (Wildman–Crippen MR) is 86.8 cm³/mol. The second-order valence-electron chi connectivity index (χ2n) is 4.26. The number of amides is 1. The van der Waals surface area contributed by atoms with Gasteiger partial charge in [0.2, 0.25) is 0 Å². The number of carbonyl (C=O) groups is 1. The third kappa shape index (κ3) is 3.54. The first-order valence-electron chi connectivity index (χ1n) is 6.53. The van der Waals surface area contributed by atoms with Crippen molar-refractivity contribution in [2.75, 3.05) is 23.4 Å². The van der Waals surface area contributed by atoms with Crippen molar-refractivity contribution < 1.29 is 4.79 Å². The quantitative estimate of drug-likeness (QED) is 0.813. The highest BCUT2D eigenvalue weighted by Gasteiger charge is 2.10. The summed E-state index contributed by atoms with van der Waals surface area (Å²) in [5.74, 6) is -0.0974. The zero-order valence-corrected chi connectivity index (χ0v) is 12.5. The summed E-state index contributed by atoms with van der Waals surface area (Å²) in [6.07, 6.45) is 2.02. The molecule has 0 bridgehead atoms. The Balaban J connectivity index is 2.19. The maximum absolute atomic E-state index is 12.4. The minimum Gasteiger partial charge on any atom is -0.385 e. The molecule has 0 aliphatic carbocycles. The number of thioether (sulfide) groups is 1. The van der Waals surface area contributed by atoms with Gasteiger partial charge in [0.15, 0.2) is 0 Å². The SMILES string of the molecule is CCNc1ccccc1C(=O)Nc1cccc(SC)c1. The first kappa shape index (κ1) is 14.5. The van der Waals surface area contributed by atoms with Gasteiger partial charge in [0.1, 0.15) is 0 Å². The molecule has 2 aromatic carbocycles. The number of nitrogens with one attached hydrogen (secondary N) is 2. The van der Waals surface area contributed by atoms with Gasteiger partial charge in [-0.1, -0.05) is 18.2 Å². The Kier molecular flexibility index (Phi) is 5.07. The molecule has 0 atom stereocenters. The first-order chi connectivity index (χ1) is 9.74. The van der Waals surface area contributed by atoms with E-state index in [2.05, 4.69) is 10.6 Å². The number of benzene rings is 2. The molecule has 0 aromatic heterocycles. The molecule has 0 saturated heterocycles. The predicted octanol–water partition coefficient (Wildman–Crippen LogP) is 4.09. The van der Waals surface area contributed by atoms with E-state index >= 15 is 0 Å². The van der Waals surface area contributed by atoms with Crippen molar-refractivity contribution in [2.24, 2.45) is 0 Å². The van der Waals surface area contributed by atoms with Gasteiger partial charge in [-0.05, 0) is 43.5 Å². The molecule has 0 aliphatic heterocycles. The smallest absolute Gasteiger partial charge is 0.257 e. The first-order valence-corrected chi connectivity index (χ1v) is 7.75. The molecule has 2 N–H and O–H groups in total. The van der Waals surface area contributed by atoms with Crippen LogP contribution < -0.4 is 10.6 Å². The summed E-state index contributed by atoms with van der Waals surface area (Å²) < 4.78 is 0. The molecule has 0 unspecified atom stereocenters. The Bertz CT molecular complexity index is 599. The summed E-state index contributed by atoms with van der Waals surface area (Å²) in [6, 6.07) is 15.4. The Morgan fingerprint density at radius 2 is 1.95 bits per heavy atom. The van der Waals surface area contributed by atoms with E-state index in [-0.39, 0.29) is 5.91 Å². The highest BCUT2D eigenvalue weighted by Crippen LogP contribution is 2.21. The molecule has 0 saturated carbocycles. The van der Waals surface area contributed by atoms with Crippen LogP contribution in [-0.2, 0) is 0 Å². The lowest BCUT2D eigenvalue weighted by Crippen LogP contribution is -2.14. The normalized spacial score (nSPS) is 10.1. The molecule has 104 valence electrons. The highest BCUT2D eigenvalue weighted by atomic mass is 32.2. The largest absolute Gasteiger partial charge is 0.385 e. The number of rotatable bonds is 5. The lowest BCUT2D eigenvalue weighted by atomic mass is 10.1. The average molecular weight is 286 g/mol. The Morgan fingerprint density at radius 1 is 1.15 bits per heavy atom. The van der Waals surface area contributed by atoms with Crippen LogP contribution in [0.4, 0.5) is 11.4 Å². The molecule has 0 radical (unpaired) electrons. The van der Waals surface area contributed by atoms with Crippen LogP contribution in [0.25, 0.3) is 0 Å². The molecular formula is C16H18N2OS. The van der Waals surface area contributed by atoms with Crippen molar-refractivity contribution in [1.82, 2.24) is 0 Å². The van der Waals surface area contributed by atoms with E-state index in [0.717, 1.165) is 22.8 Å². The van der Waals surface area contributed by atoms with Crippen molar-refractivity contribution in [3.63, 3.8) is 0 Å². The number of anilines is 2. The van der Waals surface area contributed by atoms with Gasteiger partial charge >= 0.3 is 0 Å². The van der Waals surface area contributed by atoms with Gasteiger partial charge in [0.05, 0.1) is 5.56 Å². The van der Waals surface area contributed by atoms with E-state index in [1.807, 2.05) is 61.7 Å². The van der Waals surface area contributed by atoms with Crippen LogP contribution in [0.2, 0.25) is 0 Å². The monoisotopic (exact) mass is 286 g/mol. The number of para-hydroxylation sites is 1. The molecule has 1 amide bonds. The molecule has 2 aromatic rings. The second-order valence-corrected chi connectivity index (χ2v) is 5.14. The van der Waals surface area contributed by atoms with Crippen LogP contribution in [-0.4, -0.2) is 18.7 Å². The van der Waals surface area contributed by atoms with E-state index < -0.39 is 0 Å². The number of hydrogen-bond donors (Lipinski definition) is 2. The lowest BCUT2D eigenvalue weighted by molar-refractivity contribution is 0.102. The molecule has 0 fully saturated rings. The second kappa shape index (κ2) is 7.01. The zero-order valence-electron chi connectivity index (χ0n) is 11.6. The van der Waals surface area contributed by atoms with Gasteiger partial charge in [0.25, 0.3) is 5.91 Å². The Labute approximate surface area is 123 Å². The van der Waals surface area contributed by atoms with Crippen molar-refractivity contribution in [3.8, 4) is 0 Å². The van der Waals surface area contributed by atoms with E-state index in [1.54, 1.807) is 11.8 Å². The fourth-order valence-electron chi connectivity index (χ4n) is 1.92. The molecule has 2 rings (SSSR count). The van der Waals surface area contributed by atoms with Gasteiger partial charge in [-0.25, -0.2) is 0 Å². The van der Waals surface area contributed by atoms with Gasteiger partial charge in [-0.15, -0.1) is 11.8 Å². The minimum absolute atomic E-state index is 0.0974. The summed E-state index contributed by atoms with van der Waals surface area (Å²) in [6.45, 7) is 2.79. The maximum atomic E-state index is 12.4. The maximum Gasteiger partial charge on any atom is 0.257 e. The van der Waals surface area contributed by atoms with Crippen molar-refractivity contribution in [1.29, 1.82) is 0 Å². The molecule has 3 nitrogen and oxygen atoms in total. The summed E-state index contributed by atoms with van der Waals surface area (Å²) in [4.78, 5) is 13.5. The van der Waals surface area contributed by atoms with Gasteiger partial charge < -0.3 is 10.6 Å². The molecule has 0 heterocycles. The van der Waals surface area contributed by atoms with Gasteiger partial charge in [-0.3, -0.25) is 4.79 Å². The standard InChI is InChI=1S/C16H18N2OS/c1-3-17-15-10-5-4-9-14(15)16(19)18-12-7-6-8-13(11-12)20-2/h4-11,17H,3H2,1-2H3,(H,18,19). The van der Waals surface area contributed by atoms with Crippen molar-refractivity contribution >= 4 is 29.0 Å². The molecular weight excluding hydrogens is 268 g/mol. The topological polar surface area (TPSA) is 41.1 Å². The zero-order chi connectivity index (χ0) is 14.4. The molecule has 0 aliphatic rings. The molecule has 20 heavy (non-hydrogen) atoms. The van der Waals surface area contributed by atoms with Gasteiger partial charge in [-0.2, -0.15) is 0 Å². The molecule has 4 heteroatoms. The number of hydrogen-bond acceptors (Lipinski definition) is 3. The van der Waals surface area contributed by atoms with Crippen LogP contribution in [0.3, 0.4) is 0 Å². The average Bonchev–Trinajstić information content (AvgIpc) is 2.48. The minimum atomic E-state index is -0.0974. The summed E-state index contributed by atoms with van der Waals surface area (Å²) >= 11 is 1.65. The van der Waals surface area contributed by atoms with Crippen LogP contribution in [0, 0.1) is 0 Å². The summed E-state index contributed by atoms with van der Waals surface area (Å²) in [5, 5.41) is 6.14. The van der Waals surface area contributed by atoms with Crippen LogP contribution in [0.1, 0.15) is 17.3 Å². The van der Waals surface area contributed by atoms with E-state index in [0.29, 0.717) is 5.56 Å². The van der Waals surface area contributed by atoms with Crippen molar-refractivity contribution in [2.45, 2.75) is 11.8 Å². The Hall–Kier alpha value is -1.94. The van der Waals surface area contributed by atoms with Crippen LogP contribution in [0.15, 0.2) is 53.4 Å². The molecule has 0 spiro atoms. The van der Waals surface area contributed by atoms with E-state index in [1.165, 1.54) is 0 Å². The summed E-state index contributed by atoms with van der Waals surface area (Å²) in [7, 11) is 0. The number of carbonyl (C=O) groups excluding carboxylic acids is 1.